The molecule has 2 rings (SSSR count). The van der Waals surface area contributed by atoms with Crippen LogP contribution in [0.4, 0.5) is 0 Å². The lowest BCUT2D eigenvalue weighted by molar-refractivity contribution is -0.121. The highest BCUT2D eigenvalue weighted by Crippen LogP contribution is 2.24. The van der Waals surface area contributed by atoms with Crippen LogP contribution in [0.25, 0.3) is 0 Å². The van der Waals surface area contributed by atoms with Crippen molar-refractivity contribution in [3.63, 3.8) is 0 Å². The number of hydrogen-bond donors (Lipinski definition) is 2. The Morgan fingerprint density at radius 2 is 2.25 bits per heavy atom. The van der Waals surface area contributed by atoms with Gasteiger partial charge in [-0.2, -0.15) is 0 Å². The molecule has 1 amide bonds. The van der Waals surface area contributed by atoms with Crippen molar-refractivity contribution in [2.75, 3.05) is 33.4 Å². The van der Waals surface area contributed by atoms with Gasteiger partial charge < -0.3 is 20.1 Å². The summed E-state index contributed by atoms with van der Waals surface area (Å²) >= 11 is 0. The van der Waals surface area contributed by atoms with Gasteiger partial charge in [0.25, 0.3) is 0 Å². The van der Waals surface area contributed by atoms with Gasteiger partial charge in [-0.25, -0.2) is 0 Å². The highest BCUT2D eigenvalue weighted by molar-refractivity contribution is 5.76. The zero-order valence-electron chi connectivity index (χ0n) is 11.9. The standard InChI is InChI=1S/C15H22N2O3/c1-19-9-8-17-15(18)6-7-16-14-11-20-10-12-4-2-3-5-13(12)14/h2-5,14,16H,6-11H2,1H3,(H,17,18). The molecule has 110 valence electrons. The SMILES string of the molecule is COCCNC(=O)CCNC1COCc2ccccc21. The van der Waals surface area contributed by atoms with Gasteiger partial charge >= 0.3 is 0 Å². The van der Waals surface area contributed by atoms with Crippen LogP contribution in [0.15, 0.2) is 24.3 Å². The normalized spacial score (nSPS) is 17.6. The Balaban J connectivity index is 1.74. The summed E-state index contributed by atoms with van der Waals surface area (Å²) in [6.07, 6.45) is 0.461. The summed E-state index contributed by atoms with van der Waals surface area (Å²) in [5.41, 5.74) is 2.50. The molecule has 0 fully saturated rings. The number of nitrogens with one attached hydrogen (secondary N) is 2. The molecule has 0 aromatic heterocycles. The van der Waals surface area contributed by atoms with Crippen LogP contribution in [0.1, 0.15) is 23.6 Å². The Bertz CT molecular complexity index is 437. The highest BCUT2D eigenvalue weighted by atomic mass is 16.5. The van der Waals surface area contributed by atoms with Crippen molar-refractivity contribution in [1.82, 2.24) is 10.6 Å². The second-order valence-corrected chi connectivity index (χ2v) is 4.81. The number of carbonyl (C=O) groups excluding carboxylic acids is 1. The van der Waals surface area contributed by atoms with E-state index < -0.39 is 0 Å². The first-order chi connectivity index (χ1) is 9.81. The van der Waals surface area contributed by atoms with Crippen molar-refractivity contribution < 1.29 is 14.3 Å². The number of fused-ring (bicyclic) bond motifs is 1. The number of carbonyl (C=O) groups is 1. The molecule has 0 spiro atoms. The lowest BCUT2D eigenvalue weighted by Crippen LogP contribution is -2.34. The van der Waals surface area contributed by atoms with Gasteiger partial charge in [-0.15, -0.1) is 0 Å². The average molecular weight is 278 g/mol. The third kappa shape index (κ3) is 4.30. The van der Waals surface area contributed by atoms with Crippen molar-refractivity contribution in [2.24, 2.45) is 0 Å². The summed E-state index contributed by atoms with van der Waals surface area (Å²) < 4.78 is 10.5. The molecular weight excluding hydrogens is 256 g/mol. The fourth-order valence-electron chi connectivity index (χ4n) is 2.29. The summed E-state index contributed by atoms with van der Waals surface area (Å²) in [4.78, 5) is 11.6. The topological polar surface area (TPSA) is 59.6 Å². The zero-order valence-corrected chi connectivity index (χ0v) is 11.9. The largest absolute Gasteiger partial charge is 0.383 e. The maximum absolute atomic E-state index is 11.6. The summed E-state index contributed by atoms with van der Waals surface area (Å²) in [7, 11) is 1.62. The number of benzene rings is 1. The van der Waals surface area contributed by atoms with E-state index in [9.17, 15) is 4.79 Å². The zero-order chi connectivity index (χ0) is 14.2. The minimum absolute atomic E-state index is 0.0413. The Labute approximate surface area is 119 Å². The van der Waals surface area contributed by atoms with E-state index >= 15 is 0 Å². The Morgan fingerprint density at radius 1 is 1.40 bits per heavy atom. The lowest BCUT2D eigenvalue weighted by atomic mass is 9.99. The monoisotopic (exact) mass is 278 g/mol. The first-order valence-corrected chi connectivity index (χ1v) is 6.96. The molecule has 1 heterocycles. The summed E-state index contributed by atoms with van der Waals surface area (Å²) in [5, 5.41) is 6.19. The van der Waals surface area contributed by atoms with E-state index in [-0.39, 0.29) is 11.9 Å². The van der Waals surface area contributed by atoms with Crippen molar-refractivity contribution in [3.8, 4) is 0 Å². The molecule has 1 atom stereocenters. The second-order valence-electron chi connectivity index (χ2n) is 4.81. The van der Waals surface area contributed by atoms with Crippen molar-refractivity contribution in [1.29, 1.82) is 0 Å². The van der Waals surface area contributed by atoms with Gasteiger partial charge in [0, 0.05) is 26.6 Å². The van der Waals surface area contributed by atoms with Crippen molar-refractivity contribution in [2.45, 2.75) is 19.1 Å². The number of ether oxygens (including phenoxy) is 2. The molecule has 0 radical (unpaired) electrons. The Morgan fingerprint density at radius 3 is 3.10 bits per heavy atom. The van der Waals surface area contributed by atoms with Gasteiger partial charge in [0.15, 0.2) is 0 Å². The van der Waals surface area contributed by atoms with E-state index in [0.717, 1.165) is 0 Å². The number of methoxy groups -OCH3 is 1. The molecule has 0 bridgehead atoms. The third-order valence-corrected chi connectivity index (χ3v) is 3.34. The molecule has 1 aliphatic rings. The minimum atomic E-state index is 0.0413. The smallest absolute Gasteiger partial charge is 0.221 e. The van der Waals surface area contributed by atoms with Gasteiger partial charge in [-0.05, 0) is 11.1 Å². The van der Waals surface area contributed by atoms with E-state index in [4.69, 9.17) is 9.47 Å². The predicted octanol–water partition coefficient (Wildman–Crippen LogP) is 1.00. The molecular formula is C15H22N2O3. The molecule has 1 aromatic rings. The van der Waals surface area contributed by atoms with Gasteiger partial charge in [0.1, 0.15) is 0 Å². The molecule has 0 aliphatic carbocycles. The molecule has 5 nitrogen and oxygen atoms in total. The number of rotatable bonds is 7. The molecule has 20 heavy (non-hydrogen) atoms. The average Bonchev–Trinajstić information content (AvgIpc) is 2.48. The second kappa shape index (κ2) is 7.99. The Hall–Kier alpha value is -1.43. The van der Waals surface area contributed by atoms with E-state index in [2.05, 4.69) is 22.8 Å². The number of hydrogen-bond acceptors (Lipinski definition) is 4. The summed E-state index contributed by atoms with van der Waals surface area (Å²) in [6, 6.07) is 8.44. The molecule has 0 saturated carbocycles. The van der Waals surface area contributed by atoms with Gasteiger partial charge in [0.05, 0.1) is 25.9 Å². The van der Waals surface area contributed by atoms with Gasteiger partial charge in [-0.1, -0.05) is 24.3 Å². The fourth-order valence-corrected chi connectivity index (χ4v) is 2.29. The van der Waals surface area contributed by atoms with E-state index in [1.807, 2.05) is 12.1 Å². The molecule has 1 aliphatic heterocycles. The van der Waals surface area contributed by atoms with Crippen molar-refractivity contribution in [3.05, 3.63) is 35.4 Å². The van der Waals surface area contributed by atoms with Crippen LogP contribution in [0, 0.1) is 0 Å². The summed E-state index contributed by atoms with van der Waals surface area (Å²) in [5.74, 6) is 0.0413. The van der Waals surface area contributed by atoms with E-state index in [1.165, 1.54) is 11.1 Å². The highest BCUT2D eigenvalue weighted by Gasteiger charge is 2.19. The predicted molar refractivity (Wildman–Crippen MR) is 76.3 cm³/mol. The first-order valence-electron chi connectivity index (χ1n) is 6.96. The minimum Gasteiger partial charge on any atom is -0.383 e. The maximum atomic E-state index is 11.6. The van der Waals surface area contributed by atoms with Crippen molar-refractivity contribution >= 4 is 5.91 Å². The molecule has 2 N–H and O–H groups in total. The maximum Gasteiger partial charge on any atom is 0.221 e. The lowest BCUT2D eigenvalue weighted by Gasteiger charge is -2.26. The van der Waals surface area contributed by atoms with Crippen LogP contribution in [0.5, 0.6) is 0 Å². The van der Waals surface area contributed by atoms with Crippen LogP contribution in [0.2, 0.25) is 0 Å². The number of amides is 1. The molecule has 5 heteroatoms. The van der Waals surface area contributed by atoms with E-state index in [1.54, 1.807) is 7.11 Å². The van der Waals surface area contributed by atoms with E-state index in [0.29, 0.717) is 39.3 Å². The summed E-state index contributed by atoms with van der Waals surface area (Å²) in [6.45, 7) is 3.07. The molecule has 0 saturated heterocycles. The van der Waals surface area contributed by atoms with Crippen LogP contribution in [0.3, 0.4) is 0 Å². The van der Waals surface area contributed by atoms with Gasteiger partial charge in [0.2, 0.25) is 5.91 Å². The molecule has 1 unspecified atom stereocenters. The third-order valence-electron chi connectivity index (χ3n) is 3.34. The molecule has 1 aromatic carbocycles. The van der Waals surface area contributed by atoms with Crippen LogP contribution in [-0.2, 0) is 20.9 Å². The first kappa shape index (κ1) is 15.0. The van der Waals surface area contributed by atoms with Crippen LogP contribution < -0.4 is 10.6 Å². The Kier molecular flexibility index (Phi) is 5.98. The quantitative estimate of drug-likeness (QED) is 0.731. The van der Waals surface area contributed by atoms with Crippen LogP contribution >= 0.6 is 0 Å². The fraction of sp³-hybridized carbons (Fsp3) is 0.533. The van der Waals surface area contributed by atoms with Crippen LogP contribution in [-0.4, -0.2) is 39.3 Å². The van der Waals surface area contributed by atoms with Gasteiger partial charge in [-0.3, -0.25) is 4.79 Å².